The zero-order valence-corrected chi connectivity index (χ0v) is 8.24. The average molecular weight is 159 g/mol. The highest BCUT2D eigenvalue weighted by molar-refractivity contribution is 4.58. The maximum atomic E-state index is 5.55. The average Bonchev–Trinajstić information content (AvgIpc) is 1.85. The molecule has 0 rings (SSSR count). The van der Waals surface area contributed by atoms with Crippen LogP contribution in [-0.4, -0.2) is 25.8 Å². The minimum absolute atomic E-state index is 0.0274. The molecule has 0 atom stereocenters. The van der Waals surface area contributed by atoms with Gasteiger partial charge in [-0.15, -0.1) is 0 Å². The van der Waals surface area contributed by atoms with Crippen molar-refractivity contribution in [3.63, 3.8) is 0 Å². The van der Waals surface area contributed by atoms with Crippen molar-refractivity contribution in [3.8, 4) is 0 Å². The Morgan fingerprint density at radius 1 is 1.18 bits per heavy atom. The van der Waals surface area contributed by atoms with Crippen molar-refractivity contribution in [2.45, 2.75) is 39.2 Å². The molecule has 11 heavy (non-hydrogen) atoms. The molecule has 2 heteroatoms. The third kappa shape index (κ3) is 9.92. The highest BCUT2D eigenvalue weighted by Crippen LogP contribution is 2.07. The lowest BCUT2D eigenvalue weighted by atomic mass is 10.2. The van der Waals surface area contributed by atoms with Crippen molar-refractivity contribution >= 4 is 0 Å². The summed E-state index contributed by atoms with van der Waals surface area (Å²) in [4.78, 5) is 0. The Hall–Kier alpha value is -0.0800. The van der Waals surface area contributed by atoms with Gasteiger partial charge in [0, 0.05) is 6.61 Å². The van der Waals surface area contributed by atoms with Crippen LogP contribution in [0.25, 0.3) is 0 Å². The first kappa shape index (κ1) is 10.9. The molecule has 68 valence electrons. The molecule has 0 fully saturated rings. The van der Waals surface area contributed by atoms with Gasteiger partial charge >= 0.3 is 0 Å². The van der Waals surface area contributed by atoms with Gasteiger partial charge in [0.05, 0.1) is 5.60 Å². The van der Waals surface area contributed by atoms with Crippen LogP contribution < -0.4 is 5.32 Å². The molecule has 0 aliphatic carbocycles. The molecule has 0 unspecified atom stereocenters. The maximum Gasteiger partial charge on any atom is 0.0598 e. The standard InChI is InChI=1S/C9H21NO/c1-9(2,3)11-8-6-5-7-10-4/h10H,5-8H2,1-4H3. The first-order valence-electron chi connectivity index (χ1n) is 4.35. The molecule has 0 bridgehead atoms. The van der Waals surface area contributed by atoms with Crippen molar-refractivity contribution < 1.29 is 4.74 Å². The van der Waals surface area contributed by atoms with Gasteiger partial charge in [0.15, 0.2) is 0 Å². The van der Waals surface area contributed by atoms with E-state index in [1.165, 1.54) is 6.42 Å². The van der Waals surface area contributed by atoms with Crippen LogP contribution in [-0.2, 0) is 4.74 Å². The lowest BCUT2D eigenvalue weighted by Crippen LogP contribution is -2.20. The van der Waals surface area contributed by atoms with E-state index in [0.717, 1.165) is 19.6 Å². The minimum Gasteiger partial charge on any atom is -0.376 e. The van der Waals surface area contributed by atoms with E-state index in [-0.39, 0.29) is 5.60 Å². The van der Waals surface area contributed by atoms with Crippen molar-refractivity contribution in [2.75, 3.05) is 20.2 Å². The van der Waals surface area contributed by atoms with E-state index in [0.29, 0.717) is 0 Å². The molecule has 0 radical (unpaired) electrons. The van der Waals surface area contributed by atoms with E-state index in [1.54, 1.807) is 0 Å². The van der Waals surface area contributed by atoms with Gasteiger partial charge in [0.2, 0.25) is 0 Å². The van der Waals surface area contributed by atoms with Gasteiger partial charge < -0.3 is 10.1 Å². The lowest BCUT2D eigenvalue weighted by molar-refractivity contribution is -0.00447. The molecule has 0 aromatic heterocycles. The van der Waals surface area contributed by atoms with Crippen LogP contribution in [0.4, 0.5) is 0 Å². The van der Waals surface area contributed by atoms with Gasteiger partial charge in [-0.05, 0) is 47.2 Å². The summed E-state index contributed by atoms with van der Waals surface area (Å²) >= 11 is 0. The topological polar surface area (TPSA) is 21.3 Å². The fraction of sp³-hybridized carbons (Fsp3) is 1.00. The van der Waals surface area contributed by atoms with E-state index >= 15 is 0 Å². The highest BCUT2D eigenvalue weighted by Gasteiger charge is 2.08. The summed E-state index contributed by atoms with van der Waals surface area (Å²) in [6, 6.07) is 0. The number of ether oxygens (including phenoxy) is 1. The Labute approximate surface area is 70.3 Å². The third-order valence-corrected chi connectivity index (χ3v) is 1.36. The molecule has 0 aromatic rings. The minimum atomic E-state index is 0.0274. The van der Waals surface area contributed by atoms with E-state index in [1.807, 2.05) is 7.05 Å². The van der Waals surface area contributed by atoms with E-state index in [9.17, 15) is 0 Å². The lowest BCUT2D eigenvalue weighted by Gasteiger charge is -2.19. The molecule has 0 spiro atoms. The number of rotatable bonds is 5. The Bertz CT molecular complexity index is 86.1. The fourth-order valence-corrected chi connectivity index (χ4v) is 0.782. The van der Waals surface area contributed by atoms with Gasteiger partial charge in [-0.3, -0.25) is 0 Å². The van der Waals surface area contributed by atoms with Gasteiger partial charge in [-0.25, -0.2) is 0 Å². The van der Waals surface area contributed by atoms with Gasteiger partial charge in [0.1, 0.15) is 0 Å². The predicted octanol–water partition coefficient (Wildman–Crippen LogP) is 1.80. The quantitative estimate of drug-likeness (QED) is 0.618. The summed E-state index contributed by atoms with van der Waals surface area (Å²) in [5.41, 5.74) is 0.0274. The van der Waals surface area contributed by atoms with Crippen LogP contribution in [0.1, 0.15) is 33.6 Å². The molecule has 0 aliphatic rings. The normalized spacial score (nSPS) is 12.0. The molecule has 1 N–H and O–H groups in total. The Morgan fingerprint density at radius 3 is 2.27 bits per heavy atom. The van der Waals surface area contributed by atoms with E-state index in [2.05, 4.69) is 26.1 Å². The van der Waals surface area contributed by atoms with Crippen molar-refractivity contribution in [1.29, 1.82) is 0 Å². The second-order valence-corrected chi connectivity index (χ2v) is 3.77. The van der Waals surface area contributed by atoms with Crippen LogP contribution in [0, 0.1) is 0 Å². The van der Waals surface area contributed by atoms with Crippen molar-refractivity contribution in [2.24, 2.45) is 0 Å². The monoisotopic (exact) mass is 159 g/mol. The number of hydrogen-bond donors (Lipinski definition) is 1. The summed E-state index contributed by atoms with van der Waals surface area (Å²) < 4.78 is 5.55. The molecule has 0 saturated carbocycles. The van der Waals surface area contributed by atoms with Gasteiger partial charge in [-0.1, -0.05) is 0 Å². The molecular formula is C9H21NO. The molecule has 0 aromatic carbocycles. The largest absolute Gasteiger partial charge is 0.376 e. The summed E-state index contributed by atoms with van der Waals surface area (Å²) in [7, 11) is 1.98. The Balaban J connectivity index is 3.02. The molecule has 0 amide bonds. The first-order chi connectivity index (χ1) is 5.06. The number of nitrogens with one attached hydrogen (secondary N) is 1. The van der Waals surface area contributed by atoms with Crippen LogP contribution in [0.3, 0.4) is 0 Å². The van der Waals surface area contributed by atoms with Crippen molar-refractivity contribution in [3.05, 3.63) is 0 Å². The number of unbranched alkanes of at least 4 members (excludes halogenated alkanes) is 1. The zero-order valence-electron chi connectivity index (χ0n) is 8.24. The smallest absolute Gasteiger partial charge is 0.0598 e. The van der Waals surface area contributed by atoms with Crippen LogP contribution in [0.15, 0.2) is 0 Å². The molecule has 2 nitrogen and oxygen atoms in total. The zero-order chi connectivity index (χ0) is 8.74. The van der Waals surface area contributed by atoms with E-state index < -0.39 is 0 Å². The Kier molecular flexibility index (Phi) is 5.51. The molecule has 0 aliphatic heterocycles. The predicted molar refractivity (Wildman–Crippen MR) is 48.9 cm³/mol. The third-order valence-electron chi connectivity index (χ3n) is 1.36. The molecule has 0 saturated heterocycles. The van der Waals surface area contributed by atoms with Crippen LogP contribution in [0.5, 0.6) is 0 Å². The fourth-order valence-electron chi connectivity index (χ4n) is 0.782. The summed E-state index contributed by atoms with van der Waals surface area (Å²) in [6.45, 7) is 8.24. The SMILES string of the molecule is CNCCCCOC(C)(C)C. The van der Waals surface area contributed by atoms with Gasteiger partial charge in [0.25, 0.3) is 0 Å². The Morgan fingerprint density at radius 2 is 1.82 bits per heavy atom. The number of hydrogen-bond acceptors (Lipinski definition) is 2. The van der Waals surface area contributed by atoms with E-state index in [4.69, 9.17) is 4.74 Å². The van der Waals surface area contributed by atoms with Crippen LogP contribution >= 0.6 is 0 Å². The second kappa shape index (κ2) is 5.56. The highest BCUT2D eigenvalue weighted by atomic mass is 16.5. The molecule has 0 heterocycles. The molecular weight excluding hydrogens is 138 g/mol. The summed E-state index contributed by atoms with van der Waals surface area (Å²) in [6.07, 6.45) is 2.35. The maximum absolute atomic E-state index is 5.55. The van der Waals surface area contributed by atoms with Crippen LogP contribution in [0.2, 0.25) is 0 Å². The first-order valence-corrected chi connectivity index (χ1v) is 4.35. The van der Waals surface area contributed by atoms with Crippen molar-refractivity contribution in [1.82, 2.24) is 5.32 Å². The summed E-state index contributed by atoms with van der Waals surface area (Å²) in [5, 5.41) is 3.11. The second-order valence-electron chi connectivity index (χ2n) is 3.77. The van der Waals surface area contributed by atoms with Gasteiger partial charge in [-0.2, -0.15) is 0 Å². The summed E-state index contributed by atoms with van der Waals surface area (Å²) in [5.74, 6) is 0.